The minimum Gasteiger partial charge on any atom is -0.611 e. The van der Waals surface area contributed by atoms with Crippen molar-refractivity contribution in [3.8, 4) is 11.5 Å². The number of rotatable bonds is 3. The minimum absolute atomic E-state index is 0.141. The van der Waals surface area contributed by atoms with E-state index in [1.54, 1.807) is 41.5 Å². The summed E-state index contributed by atoms with van der Waals surface area (Å²) >= 11 is -0.274. The van der Waals surface area contributed by atoms with E-state index >= 15 is 0 Å². The molecule has 164 valence electrons. The van der Waals surface area contributed by atoms with Gasteiger partial charge >= 0.3 is 12.3 Å². The van der Waals surface area contributed by atoms with Crippen molar-refractivity contribution in [1.82, 2.24) is 0 Å². The van der Waals surface area contributed by atoms with E-state index in [0.717, 1.165) is 11.3 Å². The van der Waals surface area contributed by atoms with Crippen LogP contribution in [-0.4, -0.2) is 34.3 Å². The number of ether oxygens (including phenoxy) is 4. The Balaban J connectivity index is 2.53. The van der Waals surface area contributed by atoms with Crippen LogP contribution in [0.15, 0.2) is 27.2 Å². The first-order chi connectivity index (χ1) is 13.6. The van der Waals surface area contributed by atoms with Gasteiger partial charge in [0.25, 0.3) is 0 Å². The Morgan fingerprint density at radius 2 is 1.37 bits per heavy atom. The average Bonchev–Trinajstić information content (AvgIpc) is 2.52. The van der Waals surface area contributed by atoms with E-state index in [1.165, 1.54) is 24.5 Å². The highest BCUT2D eigenvalue weighted by molar-refractivity contribution is 7.92. The Morgan fingerprint density at radius 3 is 1.80 bits per heavy atom. The SMILES string of the molecule is C[S+]([O-])c1cc(=O)c2cc(OC(=O)OC(C)(C)C)c(OC(=O)OC(C)(C)C)cc2s1. The van der Waals surface area contributed by atoms with Gasteiger partial charge < -0.3 is 23.5 Å². The number of hydrogen-bond acceptors (Lipinski definition) is 9. The van der Waals surface area contributed by atoms with Crippen LogP contribution in [0.1, 0.15) is 41.5 Å². The van der Waals surface area contributed by atoms with Gasteiger partial charge in [-0.1, -0.05) is 11.3 Å². The average molecular weight is 457 g/mol. The minimum atomic E-state index is -1.37. The summed E-state index contributed by atoms with van der Waals surface area (Å²) in [5.74, 6) is -0.324. The summed E-state index contributed by atoms with van der Waals surface area (Å²) in [7, 11) is 0. The van der Waals surface area contributed by atoms with Gasteiger partial charge in [0, 0.05) is 16.2 Å². The van der Waals surface area contributed by atoms with Crippen molar-refractivity contribution in [2.45, 2.75) is 57.0 Å². The van der Waals surface area contributed by atoms with Gasteiger partial charge in [-0.15, -0.1) is 0 Å². The molecule has 0 spiro atoms. The number of fused-ring (bicyclic) bond motifs is 1. The molecule has 0 saturated carbocycles. The largest absolute Gasteiger partial charge is 0.611 e. The van der Waals surface area contributed by atoms with Crippen molar-refractivity contribution in [2.75, 3.05) is 6.26 Å². The van der Waals surface area contributed by atoms with Crippen molar-refractivity contribution < 1.29 is 33.1 Å². The van der Waals surface area contributed by atoms with E-state index in [1.807, 2.05) is 0 Å². The van der Waals surface area contributed by atoms with E-state index in [-0.39, 0.29) is 16.9 Å². The van der Waals surface area contributed by atoms with Crippen LogP contribution in [-0.2, 0) is 20.6 Å². The Bertz CT molecular complexity index is 1010. The van der Waals surface area contributed by atoms with Crippen LogP contribution in [0.4, 0.5) is 9.59 Å². The van der Waals surface area contributed by atoms with Gasteiger partial charge in [0.2, 0.25) is 4.21 Å². The second kappa shape index (κ2) is 8.83. The van der Waals surface area contributed by atoms with Crippen LogP contribution >= 0.6 is 11.3 Å². The third-order valence-electron chi connectivity index (χ3n) is 3.22. The molecule has 0 radical (unpaired) electrons. The molecule has 10 heteroatoms. The quantitative estimate of drug-likeness (QED) is 0.373. The molecule has 2 aromatic rings. The summed E-state index contributed by atoms with van der Waals surface area (Å²) in [6.45, 7) is 9.99. The molecule has 0 saturated heterocycles. The van der Waals surface area contributed by atoms with Gasteiger partial charge in [-0.25, -0.2) is 9.59 Å². The summed E-state index contributed by atoms with van der Waals surface area (Å²) in [5, 5.41) is 0.212. The molecule has 0 aliphatic carbocycles. The summed E-state index contributed by atoms with van der Waals surface area (Å²) in [6.07, 6.45) is -0.591. The second-order valence-corrected chi connectivity index (χ2v) is 11.0. The molecular weight excluding hydrogens is 432 g/mol. The highest BCUT2D eigenvalue weighted by atomic mass is 32.2. The monoisotopic (exact) mass is 456 g/mol. The Labute approximate surface area is 181 Å². The van der Waals surface area contributed by atoms with Crippen LogP contribution < -0.4 is 14.9 Å². The van der Waals surface area contributed by atoms with Gasteiger partial charge in [-0.05, 0) is 58.8 Å². The molecule has 0 N–H and O–H groups in total. The molecule has 1 unspecified atom stereocenters. The Kier molecular flexibility index (Phi) is 7.05. The maximum absolute atomic E-state index is 12.5. The molecular formula is C20H24O8S2. The highest BCUT2D eigenvalue weighted by Crippen LogP contribution is 2.35. The van der Waals surface area contributed by atoms with Crippen molar-refractivity contribution in [2.24, 2.45) is 0 Å². The fourth-order valence-corrected chi connectivity index (χ4v) is 3.99. The summed E-state index contributed by atoms with van der Waals surface area (Å²) in [4.78, 5) is 36.7. The zero-order valence-electron chi connectivity index (χ0n) is 17.8. The molecule has 30 heavy (non-hydrogen) atoms. The zero-order chi connectivity index (χ0) is 22.9. The van der Waals surface area contributed by atoms with Crippen LogP contribution in [0.3, 0.4) is 0 Å². The fraction of sp³-hybridized carbons (Fsp3) is 0.450. The first-order valence-corrected chi connectivity index (χ1v) is 11.3. The lowest BCUT2D eigenvalue weighted by Crippen LogP contribution is -2.27. The van der Waals surface area contributed by atoms with Crippen LogP contribution in [0.25, 0.3) is 10.1 Å². The zero-order valence-corrected chi connectivity index (χ0v) is 19.4. The number of hydrogen-bond donors (Lipinski definition) is 0. The molecule has 0 aliphatic heterocycles. The molecule has 1 atom stereocenters. The molecule has 0 aliphatic rings. The van der Waals surface area contributed by atoms with Crippen LogP contribution in [0.2, 0.25) is 0 Å². The summed E-state index contributed by atoms with van der Waals surface area (Å²) < 4.78 is 33.3. The van der Waals surface area contributed by atoms with Gasteiger partial charge in [-0.2, -0.15) is 0 Å². The lowest BCUT2D eigenvalue weighted by molar-refractivity contribution is 0.0138. The van der Waals surface area contributed by atoms with Gasteiger partial charge in [-0.3, -0.25) is 4.79 Å². The Morgan fingerprint density at radius 1 is 0.900 bits per heavy atom. The van der Waals surface area contributed by atoms with Crippen molar-refractivity contribution in [3.63, 3.8) is 0 Å². The molecule has 0 bridgehead atoms. The van der Waals surface area contributed by atoms with Crippen LogP contribution in [0.5, 0.6) is 11.5 Å². The number of carbonyl (C=O) groups excluding carboxylic acids is 2. The molecule has 0 amide bonds. The molecule has 1 heterocycles. The molecule has 2 rings (SSSR count). The predicted octanol–water partition coefficient (Wildman–Crippen LogP) is 4.63. The third kappa shape index (κ3) is 6.89. The van der Waals surface area contributed by atoms with E-state index in [0.29, 0.717) is 8.91 Å². The predicted molar refractivity (Wildman–Crippen MR) is 114 cm³/mol. The van der Waals surface area contributed by atoms with E-state index in [2.05, 4.69) is 0 Å². The normalized spacial score (nSPS) is 12.9. The molecule has 1 aromatic heterocycles. The topological polar surface area (TPSA) is 111 Å². The van der Waals surface area contributed by atoms with Gasteiger partial charge in [0.15, 0.2) is 16.9 Å². The lowest BCUT2D eigenvalue weighted by Gasteiger charge is -2.21. The van der Waals surface area contributed by atoms with E-state index < -0.39 is 40.1 Å². The summed E-state index contributed by atoms with van der Waals surface area (Å²) in [6, 6.07) is 3.90. The van der Waals surface area contributed by atoms with Crippen molar-refractivity contribution in [1.29, 1.82) is 0 Å². The van der Waals surface area contributed by atoms with Crippen LogP contribution in [0, 0.1) is 0 Å². The van der Waals surface area contributed by atoms with Crippen molar-refractivity contribution >= 4 is 44.9 Å². The number of carbonyl (C=O) groups is 2. The van der Waals surface area contributed by atoms with E-state index in [9.17, 15) is 18.9 Å². The summed E-state index contributed by atoms with van der Waals surface area (Å²) in [5.41, 5.74) is -2.03. The fourth-order valence-electron chi connectivity index (χ4n) is 2.16. The number of benzene rings is 1. The maximum Gasteiger partial charge on any atom is 0.514 e. The first-order valence-electron chi connectivity index (χ1n) is 8.91. The molecule has 0 fully saturated rings. The maximum atomic E-state index is 12.5. The van der Waals surface area contributed by atoms with Crippen molar-refractivity contribution in [3.05, 3.63) is 28.4 Å². The third-order valence-corrected chi connectivity index (χ3v) is 5.74. The smallest absolute Gasteiger partial charge is 0.514 e. The Hall–Kier alpha value is -2.30. The van der Waals surface area contributed by atoms with E-state index in [4.69, 9.17) is 18.9 Å². The standard InChI is InChI=1S/C20H24O8S2/c1-19(2,3)27-17(22)25-13-8-11-12(21)9-16(30(7)24)29-15(11)10-14(13)26-18(23)28-20(4,5)6/h8-10H,1-7H3. The first kappa shape index (κ1) is 24.0. The molecule has 8 nitrogen and oxygen atoms in total. The highest BCUT2D eigenvalue weighted by Gasteiger charge is 2.24. The van der Waals surface area contributed by atoms with Gasteiger partial charge in [0.05, 0.1) is 6.07 Å². The lowest BCUT2D eigenvalue weighted by atomic mass is 10.2. The molecule has 1 aromatic carbocycles. The van der Waals surface area contributed by atoms with Gasteiger partial charge in [0.1, 0.15) is 17.5 Å². The second-order valence-electron chi connectivity index (χ2n) is 8.31.